The number of nitrogens with two attached hydrogens (primary N) is 1. The standard InChI is InChI=1S/C10H10F4N2O2S/c11-5-7(13)10(19(15,17)18)8(14)6(12)9(5)16-3-1-2-4-16/h1-4H2,(H2,15,17,18). The van der Waals surface area contributed by atoms with Crippen LogP contribution in [-0.4, -0.2) is 21.5 Å². The molecule has 0 amide bonds. The van der Waals surface area contributed by atoms with Crippen molar-refractivity contribution in [1.82, 2.24) is 0 Å². The van der Waals surface area contributed by atoms with Crippen LogP contribution in [-0.2, 0) is 10.0 Å². The van der Waals surface area contributed by atoms with E-state index in [1.807, 2.05) is 0 Å². The molecule has 1 aromatic rings. The van der Waals surface area contributed by atoms with Crippen molar-refractivity contribution in [3.8, 4) is 0 Å². The maximum absolute atomic E-state index is 13.7. The highest BCUT2D eigenvalue weighted by Crippen LogP contribution is 2.34. The summed E-state index contributed by atoms with van der Waals surface area (Å²) in [6.45, 7) is 0.475. The summed E-state index contributed by atoms with van der Waals surface area (Å²) in [6, 6.07) is 0. The minimum atomic E-state index is -4.90. The highest BCUT2D eigenvalue weighted by atomic mass is 32.2. The number of hydrogen-bond acceptors (Lipinski definition) is 3. The van der Waals surface area contributed by atoms with E-state index in [9.17, 15) is 26.0 Å². The first-order chi connectivity index (χ1) is 8.75. The van der Waals surface area contributed by atoms with E-state index < -0.39 is 43.9 Å². The Labute approximate surface area is 106 Å². The summed E-state index contributed by atoms with van der Waals surface area (Å²) in [6.07, 6.45) is 1.25. The van der Waals surface area contributed by atoms with Gasteiger partial charge in [0.25, 0.3) is 0 Å². The SMILES string of the molecule is NS(=O)(=O)c1c(F)c(F)c(N2CCCC2)c(F)c1F. The van der Waals surface area contributed by atoms with Crippen LogP contribution in [0, 0.1) is 23.3 Å². The largest absolute Gasteiger partial charge is 0.367 e. The Bertz CT molecular complexity index is 598. The molecule has 4 nitrogen and oxygen atoms in total. The summed E-state index contributed by atoms with van der Waals surface area (Å²) < 4.78 is 76.6. The lowest BCUT2D eigenvalue weighted by Gasteiger charge is -2.20. The zero-order chi connectivity index (χ0) is 14.4. The molecule has 19 heavy (non-hydrogen) atoms. The highest BCUT2D eigenvalue weighted by molar-refractivity contribution is 7.89. The molecule has 1 aliphatic rings. The van der Waals surface area contributed by atoms with Gasteiger partial charge in [-0.2, -0.15) is 0 Å². The number of anilines is 1. The number of primary sulfonamides is 1. The first-order valence-electron chi connectivity index (χ1n) is 5.39. The molecule has 0 spiro atoms. The lowest BCUT2D eigenvalue weighted by atomic mass is 10.2. The lowest BCUT2D eigenvalue weighted by Crippen LogP contribution is -2.25. The van der Waals surface area contributed by atoms with Crippen LogP contribution in [0.3, 0.4) is 0 Å². The normalized spacial score (nSPS) is 16.2. The fraction of sp³-hybridized carbons (Fsp3) is 0.400. The van der Waals surface area contributed by atoms with Crippen LogP contribution >= 0.6 is 0 Å². The Morgan fingerprint density at radius 2 is 1.32 bits per heavy atom. The van der Waals surface area contributed by atoms with Gasteiger partial charge in [-0.25, -0.2) is 31.1 Å². The van der Waals surface area contributed by atoms with Crippen molar-refractivity contribution in [1.29, 1.82) is 0 Å². The molecule has 0 saturated carbocycles. The zero-order valence-corrected chi connectivity index (χ0v) is 10.4. The van der Waals surface area contributed by atoms with Crippen LogP contribution < -0.4 is 10.0 Å². The molecule has 1 heterocycles. The van der Waals surface area contributed by atoms with E-state index in [4.69, 9.17) is 0 Å². The van der Waals surface area contributed by atoms with Crippen LogP contribution in [0.1, 0.15) is 12.8 Å². The molecule has 2 rings (SSSR count). The number of rotatable bonds is 2. The van der Waals surface area contributed by atoms with Gasteiger partial charge < -0.3 is 4.90 Å². The molecule has 9 heteroatoms. The van der Waals surface area contributed by atoms with Gasteiger partial charge in [-0.1, -0.05) is 0 Å². The lowest BCUT2D eigenvalue weighted by molar-refractivity contribution is 0.419. The molecule has 0 radical (unpaired) electrons. The van der Waals surface area contributed by atoms with Crippen molar-refractivity contribution >= 4 is 15.7 Å². The maximum atomic E-state index is 13.7. The van der Waals surface area contributed by atoms with Gasteiger partial charge >= 0.3 is 0 Å². The fourth-order valence-electron chi connectivity index (χ4n) is 2.07. The van der Waals surface area contributed by atoms with Crippen molar-refractivity contribution in [3.63, 3.8) is 0 Å². The molecule has 1 saturated heterocycles. The number of nitrogens with zero attached hydrogens (tertiary/aromatic N) is 1. The Balaban J connectivity index is 2.73. The van der Waals surface area contributed by atoms with Crippen molar-refractivity contribution in [2.75, 3.05) is 18.0 Å². The van der Waals surface area contributed by atoms with Gasteiger partial charge in [0.15, 0.2) is 28.2 Å². The molecule has 1 aromatic carbocycles. The van der Waals surface area contributed by atoms with Crippen LogP contribution in [0.2, 0.25) is 0 Å². The average molecular weight is 298 g/mol. The zero-order valence-electron chi connectivity index (χ0n) is 9.59. The first kappa shape index (κ1) is 14.1. The molecule has 1 aliphatic heterocycles. The minimum absolute atomic E-state index is 0.238. The summed E-state index contributed by atoms with van der Waals surface area (Å²) >= 11 is 0. The third-order valence-electron chi connectivity index (χ3n) is 2.91. The van der Waals surface area contributed by atoms with E-state index in [2.05, 4.69) is 5.14 Å². The Morgan fingerprint density at radius 3 is 1.68 bits per heavy atom. The second-order valence-electron chi connectivity index (χ2n) is 4.17. The number of benzene rings is 1. The van der Waals surface area contributed by atoms with Crippen LogP contribution in [0.4, 0.5) is 23.2 Å². The Morgan fingerprint density at radius 1 is 0.895 bits per heavy atom. The van der Waals surface area contributed by atoms with Gasteiger partial charge in [-0.05, 0) is 12.8 Å². The summed E-state index contributed by atoms with van der Waals surface area (Å²) in [4.78, 5) is -0.658. The van der Waals surface area contributed by atoms with E-state index in [1.165, 1.54) is 0 Å². The Kier molecular flexibility index (Phi) is 3.43. The molecular weight excluding hydrogens is 288 g/mol. The summed E-state index contributed by atoms with van der Waals surface area (Å²) in [7, 11) is -4.90. The van der Waals surface area contributed by atoms with Crippen molar-refractivity contribution in [2.24, 2.45) is 5.14 Å². The second kappa shape index (κ2) is 4.64. The third kappa shape index (κ3) is 2.27. The summed E-state index contributed by atoms with van der Waals surface area (Å²) in [5, 5.41) is 4.55. The molecule has 0 atom stereocenters. The van der Waals surface area contributed by atoms with Gasteiger partial charge in [0.2, 0.25) is 10.0 Å². The molecule has 0 aromatic heterocycles. The van der Waals surface area contributed by atoms with Gasteiger partial charge in [-0.15, -0.1) is 0 Å². The van der Waals surface area contributed by atoms with E-state index in [0.29, 0.717) is 12.8 Å². The number of sulfonamides is 1. The smallest absolute Gasteiger partial charge is 0.244 e. The van der Waals surface area contributed by atoms with Crippen molar-refractivity contribution in [3.05, 3.63) is 23.3 Å². The number of halogens is 4. The van der Waals surface area contributed by atoms with Crippen LogP contribution in [0.15, 0.2) is 4.90 Å². The van der Waals surface area contributed by atoms with E-state index >= 15 is 0 Å². The predicted molar refractivity (Wildman–Crippen MR) is 59.1 cm³/mol. The van der Waals surface area contributed by atoms with Crippen molar-refractivity contribution < 1.29 is 26.0 Å². The van der Waals surface area contributed by atoms with Crippen molar-refractivity contribution in [2.45, 2.75) is 17.7 Å². The molecule has 1 fully saturated rings. The van der Waals surface area contributed by atoms with Crippen LogP contribution in [0.5, 0.6) is 0 Å². The second-order valence-corrected chi connectivity index (χ2v) is 5.67. The van der Waals surface area contributed by atoms with Gasteiger partial charge in [0.1, 0.15) is 5.69 Å². The molecule has 0 unspecified atom stereocenters. The van der Waals surface area contributed by atoms with E-state index in [1.54, 1.807) is 0 Å². The monoisotopic (exact) mass is 298 g/mol. The molecule has 2 N–H and O–H groups in total. The predicted octanol–water partition coefficient (Wildman–Crippen LogP) is 1.49. The average Bonchev–Trinajstić information content (AvgIpc) is 2.79. The number of hydrogen-bond donors (Lipinski definition) is 1. The molecular formula is C10H10F4N2O2S. The van der Waals surface area contributed by atoms with Crippen LogP contribution in [0.25, 0.3) is 0 Å². The van der Waals surface area contributed by atoms with E-state index in [-0.39, 0.29) is 13.1 Å². The van der Waals surface area contributed by atoms with Gasteiger partial charge in [-0.3, -0.25) is 0 Å². The topological polar surface area (TPSA) is 63.4 Å². The molecule has 106 valence electrons. The van der Waals surface area contributed by atoms with Gasteiger partial charge in [0, 0.05) is 13.1 Å². The fourth-order valence-corrected chi connectivity index (χ4v) is 2.75. The third-order valence-corrected chi connectivity index (χ3v) is 3.83. The molecule has 0 aliphatic carbocycles. The Hall–Kier alpha value is -1.35. The maximum Gasteiger partial charge on any atom is 0.244 e. The van der Waals surface area contributed by atoms with Gasteiger partial charge in [0.05, 0.1) is 0 Å². The summed E-state index contributed by atoms with van der Waals surface area (Å²) in [5.74, 6) is -7.48. The minimum Gasteiger partial charge on any atom is -0.367 e. The molecule has 0 bridgehead atoms. The summed E-state index contributed by atoms with van der Waals surface area (Å²) in [5.41, 5.74) is -0.889. The highest BCUT2D eigenvalue weighted by Gasteiger charge is 2.33. The van der Waals surface area contributed by atoms with E-state index in [0.717, 1.165) is 4.90 Å². The first-order valence-corrected chi connectivity index (χ1v) is 6.93. The quantitative estimate of drug-likeness (QED) is 0.664.